The molecule has 0 bridgehead atoms. The Bertz CT molecular complexity index is 2700. The van der Waals surface area contributed by atoms with Crippen molar-refractivity contribution in [1.29, 1.82) is 0 Å². The van der Waals surface area contributed by atoms with Gasteiger partial charge >= 0.3 is 103 Å². The topological polar surface area (TPSA) is 82.7 Å². The largest absolute Gasteiger partial charge is 1.00 e. The van der Waals surface area contributed by atoms with Crippen molar-refractivity contribution in [3.63, 3.8) is 0 Å². The minimum absolute atomic E-state index is 0. The van der Waals surface area contributed by atoms with E-state index in [2.05, 4.69) is 59.5 Å². The number of hydrogen-bond acceptors (Lipinski definition) is 5. The van der Waals surface area contributed by atoms with Gasteiger partial charge in [-0.3, -0.25) is 4.79 Å². The van der Waals surface area contributed by atoms with Gasteiger partial charge in [0.15, 0.2) is 5.58 Å². The Labute approximate surface area is 388 Å². The third-order valence-electron chi connectivity index (χ3n) is 8.46. The fourth-order valence-corrected chi connectivity index (χ4v) is 6.62. The summed E-state index contributed by atoms with van der Waals surface area (Å²) >= 11 is 12.1. The van der Waals surface area contributed by atoms with E-state index in [1.165, 1.54) is 27.6 Å². The van der Waals surface area contributed by atoms with Gasteiger partial charge in [-0.25, -0.2) is 4.39 Å². The van der Waals surface area contributed by atoms with Crippen molar-refractivity contribution in [2.45, 2.75) is 0 Å². The van der Waals surface area contributed by atoms with Crippen LogP contribution < -0.4 is 108 Å². The van der Waals surface area contributed by atoms with Gasteiger partial charge in [0.1, 0.15) is 17.1 Å². The van der Waals surface area contributed by atoms with Crippen LogP contribution in [0, 0.1) is 5.82 Å². The number of phenolic OH excluding ortho intramolecular Hbond substituents is 1. The van der Waals surface area contributed by atoms with Crippen molar-refractivity contribution in [3.8, 4) is 16.9 Å². The number of carbonyl (C=O) groups is 1. The Morgan fingerprint density at radius 3 is 1.78 bits per heavy atom. The second-order valence-electron chi connectivity index (χ2n) is 11.2. The summed E-state index contributed by atoms with van der Waals surface area (Å²) < 4.78 is 20.3. The molecule has 0 amide bonds. The molecule has 0 atom stereocenters. The summed E-state index contributed by atoms with van der Waals surface area (Å²) in [5, 5.41) is 30.6. The van der Waals surface area contributed by atoms with Crippen molar-refractivity contribution in [1.82, 2.24) is 0 Å². The molecule has 9 rings (SSSR count). The van der Waals surface area contributed by atoms with Crippen molar-refractivity contribution in [2.75, 3.05) is 0 Å². The van der Waals surface area contributed by atoms with Crippen LogP contribution in [0.4, 0.5) is 4.39 Å². The summed E-state index contributed by atoms with van der Waals surface area (Å²) in [6, 6.07) is 43.2. The molecule has 0 unspecified atom stereocenters. The second kappa shape index (κ2) is 17.6. The minimum Gasteiger partial charge on any atom is -1.00 e. The maximum Gasteiger partial charge on any atom is 1.00 e. The van der Waals surface area contributed by atoms with E-state index in [9.17, 15) is 9.50 Å². The van der Waals surface area contributed by atoms with Gasteiger partial charge in [-0.1, -0.05) is 120 Å². The van der Waals surface area contributed by atoms with E-state index in [0.717, 1.165) is 43.5 Å². The molecule has 0 saturated carbocycles. The van der Waals surface area contributed by atoms with Crippen molar-refractivity contribution < 1.29 is 133 Å². The maximum absolute atomic E-state index is 14.3. The first-order valence-corrected chi connectivity index (χ1v) is 15.9. The summed E-state index contributed by atoms with van der Waals surface area (Å²) in [5.74, 6) is -0.488. The first-order valence-electron chi connectivity index (χ1n) is 15.1. The molecule has 10 heteroatoms. The molecule has 0 aliphatic rings. The normalized spacial score (nSPS) is 10.6. The van der Waals surface area contributed by atoms with Crippen LogP contribution in [0.15, 0.2) is 138 Å². The number of fused-ring (bicyclic) bond motifs is 9. The number of aromatic hydroxyl groups is 1. The van der Waals surface area contributed by atoms with Crippen LogP contribution in [0.5, 0.6) is 5.75 Å². The van der Waals surface area contributed by atoms with Crippen LogP contribution in [0.3, 0.4) is 0 Å². The molecule has 242 valence electrons. The van der Waals surface area contributed by atoms with Crippen LogP contribution in [0.25, 0.3) is 76.2 Å². The van der Waals surface area contributed by atoms with Crippen LogP contribution in [0.1, 0.15) is 1.43 Å². The standard InChI is InChI=1S/C20H12ClFO.C20H11ClO.CH2O3.2K.H/c21-18-7-3-6-15(20(18)22)17-11-16-13(10-19(17)23)9-8-12-4-1-2-5-14(12)16;21-18-7-3-6-15-17-11-16-13(10-19(17)22-20(15)18)9-8-12-4-1-2-5-14(12)16;2-1-4-3;;;/h1-11,23H;1-11H;1,3H;;;/q;;;2*+1;-1/p-1. The number of furan rings is 1. The van der Waals surface area contributed by atoms with Gasteiger partial charge in [-0.2, -0.15) is 0 Å². The van der Waals surface area contributed by atoms with Crippen molar-refractivity contribution >= 4 is 94.7 Å². The Morgan fingerprint density at radius 1 is 0.608 bits per heavy atom. The molecule has 51 heavy (non-hydrogen) atoms. The number of hydrogen-bond donors (Lipinski definition) is 1. The molecule has 0 fully saturated rings. The molecule has 0 aliphatic carbocycles. The van der Waals surface area contributed by atoms with Crippen LogP contribution in [0.2, 0.25) is 10.0 Å². The molecule has 0 radical (unpaired) electrons. The van der Waals surface area contributed by atoms with E-state index in [1.807, 2.05) is 54.6 Å². The van der Waals surface area contributed by atoms with Crippen molar-refractivity contribution in [3.05, 3.63) is 149 Å². The zero-order valence-electron chi connectivity index (χ0n) is 28.5. The maximum atomic E-state index is 14.3. The Morgan fingerprint density at radius 2 is 1.14 bits per heavy atom. The third kappa shape index (κ3) is 8.10. The number of rotatable bonds is 2. The molecular formula is C41H25Cl2FK2O5. The van der Waals surface area contributed by atoms with Crippen molar-refractivity contribution in [2.24, 2.45) is 0 Å². The average molecular weight is 766 g/mol. The van der Waals surface area contributed by atoms with Gasteiger partial charge < -0.3 is 21.1 Å². The number of carbonyl (C=O) groups excluding carboxylic acids is 1. The van der Waals surface area contributed by atoms with E-state index >= 15 is 0 Å². The molecule has 1 heterocycles. The van der Waals surface area contributed by atoms with Gasteiger partial charge in [0.25, 0.3) is 6.47 Å². The fraction of sp³-hybridized carbons (Fsp3) is 0. The summed E-state index contributed by atoms with van der Waals surface area (Å²) in [7, 11) is 0. The van der Waals surface area contributed by atoms with Gasteiger partial charge in [-0.15, -0.1) is 0 Å². The number of phenols is 1. The Kier molecular flexibility index (Phi) is 13.8. The predicted octanol–water partition coefficient (Wildman–Crippen LogP) is 5.26. The molecule has 0 aliphatic heterocycles. The quantitative estimate of drug-likeness (QED) is 0.0855. The monoisotopic (exact) mass is 764 g/mol. The fourth-order valence-electron chi connectivity index (χ4n) is 6.23. The molecule has 1 aromatic heterocycles. The molecular weight excluding hydrogens is 741 g/mol. The molecule has 0 spiro atoms. The zero-order chi connectivity index (χ0) is 34.1. The molecule has 0 saturated heterocycles. The summed E-state index contributed by atoms with van der Waals surface area (Å²) in [5.41, 5.74) is 2.38. The zero-order valence-corrected chi connectivity index (χ0v) is 35.3. The SMILES string of the molecule is Clc1cccc2c1oc1cc3ccc4ccccc4c3cc12.O=CO[O-].Oc1cc2ccc3ccccc3c2cc1-c1cccc(Cl)c1F.[H-].[K+].[K+]. The first-order chi connectivity index (χ1) is 23.9. The van der Waals surface area contributed by atoms with Gasteiger partial charge in [-0.05, 0) is 79.5 Å². The summed E-state index contributed by atoms with van der Waals surface area (Å²) in [6.45, 7) is -0.181. The van der Waals surface area contributed by atoms with E-state index in [1.54, 1.807) is 18.2 Å². The number of para-hydroxylation sites is 1. The summed E-state index contributed by atoms with van der Waals surface area (Å²) in [4.78, 5) is 11.2. The molecule has 5 nitrogen and oxygen atoms in total. The van der Waals surface area contributed by atoms with E-state index in [-0.39, 0.29) is 121 Å². The van der Waals surface area contributed by atoms with Gasteiger partial charge in [0, 0.05) is 21.9 Å². The van der Waals surface area contributed by atoms with E-state index in [4.69, 9.17) is 37.7 Å². The second-order valence-corrected chi connectivity index (χ2v) is 12.1. The Balaban J connectivity index is 0.000000201. The molecule has 9 aromatic rings. The van der Waals surface area contributed by atoms with E-state index in [0.29, 0.717) is 16.1 Å². The molecule has 1 N–H and O–H groups in total. The predicted molar refractivity (Wildman–Crippen MR) is 196 cm³/mol. The Hall–Kier alpha value is -2.39. The smallest absolute Gasteiger partial charge is 1.00 e. The summed E-state index contributed by atoms with van der Waals surface area (Å²) in [6.07, 6.45) is 0. The van der Waals surface area contributed by atoms with Gasteiger partial charge in [0.2, 0.25) is 0 Å². The van der Waals surface area contributed by atoms with Crippen LogP contribution in [-0.4, -0.2) is 11.6 Å². The first kappa shape index (κ1) is 39.8. The number of halogens is 3. The van der Waals surface area contributed by atoms with Gasteiger partial charge in [0.05, 0.1) is 10.0 Å². The van der Waals surface area contributed by atoms with E-state index < -0.39 is 5.82 Å². The van der Waals surface area contributed by atoms with Crippen LogP contribution in [-0.2, 0) is 9.68 Å². The molecule has 8 aromatic carbocycles. The minimum atomic E-state index is -0.524. The van der Waals surface area contributed by atoms with Crippen LogP contribution >= 0.6 is 23.2 Å². The number of benzene rings is 8. The third-order valence-corrected chi connectivity index (χ3v) is 9.05. The average Bonchev–Trinajstić information content (AvgIpc) is 3.51.